The smallest absolute Gasteiger partial charge is 0.116 e. The summed E-state index contributed by atoms with van der Waals surface area (Å²) in [6, 6.07) is 15.7. The largest absolute Gasteiger partial charge is 0.508 e. The number of aromatic nitrogens is 1. The van der Waals surface area contributed by atoms with Gasteiger partial charge < -0.3 is 9.67 Å². The lowest BCUT2D eigenvalue weighted by atomic mass is 10.1. The van der Waals surface area contributed by atoms with Gasteiger partial charge in [-0.3, -0.25) is 0 Å². The third-order valence-corrected chi connectivity index (χ3v) is 3.06. The molecule has 0 amide bonds. The second kappa shape index (κ2) is 3.67. The summed E-state index contributed by atoms with van der Waals surface area (Å²) < 4.78 is 2.08. The maximum atomic E-state index is 9.60. The van der Waals surface area contributed by atoms with Crippen molar-refractivity contribution in [2.45, 2.75) is 0 Å². The number of benzene rings is 2. The molecule has 17 heavy (non-hydrogen) atoms. The molecule has 0 saturated carbocycles. The van der Waals surface area contributed by atoms with Crippen LogP contribution >= 0.6 is 0 Å². The molecule has 0 unspecified atom stereocenters. The van der Waals surface area contributed by atoms with E-state index in [1.165, 1.54) is 5.56 Å². The highest BCUT2D eigenvalue weighted by Crippen LogP contribution is 2.32. The Morgan fingerprint density at radius 1 is 1.00 bits per heavy atom. The number of nitrogens with zero attached hydrogens (tertiary/aromatic N) is 1. The maximum absolute atomic E-state index is 9.60. The fourth-order valence-corrected chi connectivity index (χ4v) is 2.23. The van der Waals surface area contributed by atoms with Gasteiger partial charge in [0.1, 0.15) is 5.75 Å². The summed E-state index contributed by atoms with van der Waals surface area (Å²) in [5.41, 5.74) is 3.45. The van der Waals surface area contributed by atoms with Gasteiger partial charge in [-0.05, 0) is 23.8 Å². The van der Waals surface area contributed by atoms with Crippen molar-refractivity contribution in [3.63, 3.8) is 0 Å². The van der Waals surface area contributed by atoms with E-state index in [4.69, 9.17) is 0 Å². The fourth-order valence-electron chi connectivity index (χ4n) is 2.23. The van der Waals surface area contributed by atoms with Crippen molar-refractivity contribution in [2.75, 3.05) is 0 Å². The van der Waals surface area contributed by atoms with Gasteiger partial charge in [0.2, 0.25) is 0 Å². The molecule has 2 nitrogen and oxygen atoms in total. The molecule has 0 atom stereocenters. The van der Waals surface area contributed by atoms with Crippen molar-refractivity contribution >= 4 is 10.9 Å². The summed E-state index contributed by atoms with van der Waals surface area (Å²) in [7, 11) is 2.02. The summed E-state index contributed by atoms with van der Waals surface area (Å²) in [6.45, 7) is 0. The van der Waals surface area contributed by atoms with E-state index in [1.54, 1.807) is 6.07 Å². The Morgan fingerprint density at radius 3 is 2.53 bits per heavy atom. The highest BCUT2D eigenvalue weighted by atomic mass is 16.3. The number of rotatable bonds is 1. The highest BCUT2D eigenvalue weighted by molar-refractivity contribution is 5.96. The summed E-state index contributed by atoms with van der Waals surface area (Å²) >= 11 is 0. The molecular formula is C15H13NO. The molecule has 0 bridgehead atoms. The van der Waals surface area contributed by atoms with Crippen LogP contribution in [-0.2, 0) is 7.05 Å². The van der Waals surface area contributed by atoms with Gasteiger partial charge >= 0.3 is 0 Å². The zero-order valence-corrected chi connectivity index (χ0v) is 9.59. The Hall–Kier alpha value is -2.22. The SMILES string of the molecule is Cn1cc(-c2ccccc2)c2cc(O)ccc21. The molecule has 3 aromatic rings. The van der Waals surface area contributed by atoms with Gasteiger partial charge in [0.25, 0.3) is 0 Å². The van der Waals surface area contributed by atoms with Gasteiger partial charge in [0, 0.05) is 29.7 Å². The standard InChI is InChI=1S/C15H13NO/c1-16-10-14(11-5-3-2-4-6-11)13-9-12(17)7-8-15(13)16/h2-10,17H,1H3. The second-order valence-corrected chi connectivity index (χ2v) is 4.22. The molecule has 0 spiro atoms. The maximum Gasteiger partial charge on any atom is 0.116 e. The Labute approximate surface area is 99.7 Å². The number of hydrogen-bond donors (Lipinski definition) is 1. The Bertz CT molecular complexity index is 668. The van der Waals surface area contributed by atoms with Crippen LogP contribution in [0.5, 0.6) is 5.75 Å². The molecule has 1 heterocycles. The van der Waals surface area contributed by atoms with E-state index >= 15 is 0 Å². The lowest BCUT2D eigenvalue weighted by molar-refractivity contribution is 0.476. The van der Waals surface area contributed by atoms with Crippen LogP contribution in [-0.4, -0.2) is 9.67 Å². The topological polar surface area (TPSA) is 25.2 Å². The molecule has 2 heteroatoms. The summed E-state index contributed by atoms with van der Waals surface area (Å²) in [5.74, 6) is 0.306. The molecule has 0 fully saturated rings. The van der Waals surface area contributed by atoms with Crippen molar-refractivity contribution in [3.05, 3.63) is 54.7 Å². The van der Waals surface area contributed by atoms with Crippen LogP contribution in [0.25, 0.3) is 22.0 Å². The number of aryl methyl sites for hydroxylation is 1. The molecule has 0 aliphatic carbocycles. The third kappa shape index (κ3) is 1.58. The number of phenolic OH excluding ortho intramolecular Hbond substituents is 1. The van der Waals surface area contributed by atoms with E-state index in [1.807, 2.05) is 37.4 Å². The van der Waals surface area contributed by atoms with Gasteiger partial charge in [0.05, 0.1) is 0 Å². The first-order chi connectivity index (χ1) is 8.25. The van der Waals surface area contributed by atoms with Gasteiger partial charge in [-0.25, -0.2) is 0 Å². The molecule has 3 rings (SSSR count). The summed E-state index contributed by atoms with van der Waals surface area (Å²) in [4.78, 5) is 0. The predicted octanol–water partition coefficient (Wildman–Crippen LogP) is 3.55. The number of hydrogen-bond acceptors (Lipinski definition) is 1. The minimum Gasteiger partial charge on any atom is -0.508 e. The first-order valence-electron chi connectivity index (χ1n) is 5.59. The molecule has 0 aliphatic rings. The molecule has 0 saturated heterocycles. The van der Waals surface area contributed by atoms with Crippen LogP contribution in [0.2, 0.25) is 0 Å². The third-order valence-electron chi connectivity index (χ3n) is 3.06. The van der Waals surface area contributed by atoms with E-state index in [9.17, 15) is 5.11 Å². The van der Waals surface area contributed by atoms with Crippen molar-refractivity contribution in [1.82, 2.24) is 4.57 Å². The highest BCUT2D eigenvalue weighted by Gasteiger charge is 2.08. The van der Waals surface area contributed by atoms with Gasteiger partial charge in [-0.1, -0.05) is 30.3 Å². The van der Waals surface area contributed by atoms with Crippen LogP contribution in [0.3, 0.4) is 0 Å². The van der Waals surface area contributed by atoms with Gasteiger partial charge in [-0.2, -0.15) is 0 Å². The average Bonchev–Trinajstić information content (AvgIpc) is 2.67. The van der Waals surface area contributed by atoms with Crippen molar-refractivity contribution < 1.29 is 5.11 Å². The fraction of sp³-hybridized carbons (Fsp3) is 0.0667. The van der Waals surface area contributed by atoms with E-state index < -0.39 is 0 Å². The van der Waals surface area contributed by atoms with E-state index in [2.05, 4.69) is 22.9 Å². The molecule has 84 valence electrons. The predicted molar refractivity (Wildman–Crippen MR) is 70.0 cm³/mol. The molecule has 1 N–H and O–H groups in total. The van der Waals surface area contributed by atoms with E-state index in [-0.39, 0.29) is 0 Å². The van der Waals surface area contributed by atoms with Crippen LogP contribution < -0.4 is 0 Å². The van der Waals surface area contributed by atoms with Crippen LogP contribution in [0.4, 0.5) is 0 Å². The zero-order valence-electron chi connectivity index (χ0n) is 9.59. The first kappa shape index (κ1) is 9.97. The van der Waals surface area contributed by atoms with Crippen LogP contribution in [0.15, 0.2) is 54.7 Å². The van der Waals surface area contributed by atoms with Crippen molar-refractivity contribution in [3.8, 4) is 16.9 Å². The summed E-state index contributed by atoms with van der Waals surface area (Å²) in [5, 5.41) is 10.7. The number of aromatic hydroxyl groups is 1. The lowest BCUT2D eigenvalue weighted by Gasteiger charge is -1.99. The van der Waals surface area contributed by atoms with Crippen LogP contribution in [0, 0.1) is 0 Å². The Kier molecular flexibility index (Phi) is 2.15. The second-order valence-electron chi connectivity index (χ2n) is 4.22. The van der Waals surface area contributed by atoms with Gasteiger partial charge in [-0.15, -0.1) is 0 Å². The number of fused-ring (bicyclic) bond motifs is 1. The van der Waals surface area contributed by atoms with E-state index in [0.717, 1.165) is 16.5 Å². The van der Waals surface area contributed by atoms with Crippen molar-refractivity contribution in [2.24, 2.45) is 7.05 Å². The molecule has 0 aliphatic heterocycles. The zero-order chi connectivity index (χ0) is 11.8. The minimum atomic E-state index is 0.306. The van der Waals surface area contributed by atoms with E-state index in [0.29, 0.717) is 5.75 Å². The quantitative estimate of drug-likeness (QED) is 0.670. The first-order valence-corrected chi connectivity index (χ1v) is 5.59. The number of phenols is 1. The molecular weight excluding hydrogens is 210 g/mol. The Morgan fingerprint density at radius 2 is 1.76 bits per heavy atom. The monoisotopic (exact) mass is 223 g/mol. The Balaban J connectivity index is 2.34. The van der Waals surface area contributed by atoms with Crippen LogP contribution in [0.1, 0.15) is 0 Å². The summed E-state index contributed by atoms with van der Waals surface area (Å²) in [6.07, 6.45) is 2.10. The molecule has 0 radical (unpaired) electrons. The van der Waals surface area contributed by atoms with Gasteiger partial charge in [0.15, 0.2) is 0 Å². The van der Waals surface area contributed by atoms with Crippen molar-refractivity contribution in [1.29, 1.82) is 0 Å². The molecule has 1 aromatic heterocycles. The average molecular weight is 223 g/mol. The minimum absolute atomic E-state index is 0.306. The molecule has 2 aromatic carbocycles. The normalized spacial score (nSPS) is 10.9. The lowest BCUT2D eigenvalue weighted by Crippen LogP contribution is -1.82.